The lowest BCUT2D eigenvalue weighted by molar-refractivity contribution is -0.118. The average Bonchev–Trinajstić information content (AvgIpc) is 2.95. The summed E-state index contributed by atoms with van der Waals surface area (Å²) in [5.74, 6) is 0.339. The predicted molar refractivity (Wildman–Crippen MR) is 155 cm³/mol. The van der Waals surface area contributed by atoms with E-state index in [0.717, 1.165) is 10.9 Å². The molecule has 0 fully saturated rings. The van der Waals surface area contributed by atoms with Crippen molar-refractivity contribution in [2.45, 2.75) is 26.2 Å². The Labute approximate surface area is 238 Å². The third-order valence-electron chi connectivity index (χ3n) is 6.15. The lowest BCUT2D eigenvalue weighted by atomic mass is 10.1. The molecule has 0 radical (unpaired) electrons. The summed E-state index contributed by atoms with van der Waals surface area (Å²) in [5.41, 5.74) is 1.17. The zero-order valence-corrected chi connectivity index (χ0v) is 24.0. The second-order valence-electron chi connectivity index (χ2n) is 8.90. The van der Waals surface area contributed by atoms with E-state index >= 15 is 0 Å². The summed E-state index contributed by atoms with van der Waals surface area (Å²) in [5, 5.41) is 7.50. The molecule has 40 heavy (non-hydrogen) atoms. The Morgan fingerprint density at radius 2 is 1.88 bits per heavy atom. The fraction of sp³-hybridized carbons (Fsp3) is 0.241. The molecule has 1 atom stereocenters. The highest BCUT2D eigenvalue weighted by Crippen LogP contribution is 2.38. The number of anilines is 1. The number of methoxy groups -OCH3 is 2. The van der Waals surface area contributed by atoms with Gasteiger partial charge in [0.1, 0.15) is 11.6 Å². The van der Waals surface area contributed by atoms with Gasteiger partial charge in [-0.1, -0.05) is 35.8 Å². The zero-order chi connectivity index (χ0) is 28.8. The van der Waals surface area contributed by atoms with Crippen LogP contribution in [0.1, 0.15) is 37.6 Å². The molecule has 0 aliphatic heterocycles. The van der Waals surface area contributed by atoms with Crippen LogP contribution < -0.4 is 25.1 Å². The van der Waals surface area contributed by atoms with Crippen molar-refractivity contribution in [2.24, 2.45) is 5.10 Å². The normalized spacial score (nSPS) is 11.9. The van der Waals surface area contributed by atoms with Gasteiger partial charge in [-0.05, 0) is 55.0 Å². The molecular weight excluding hydrogens is 583 g/mol. The second kappa shape index (κ2) is 12.7. The molecule has 0 saturated carbocycles. The third-order valence-corrected chi connectivity index (χ3v) is 6.64. The number of carbonyl (C=O) groups excluding carboxylic acids is 1. The Balaban J connectivity index is 1.64. The maximum atomic E-state index is 13.4. The van der Waals surface area contributed by atoms with Crippen LogP contribution in [-0.4, -0.2) is 42.6 Å². The fourth-order valence-electron chi connectivity index (χ4n) is 3.92. The van der Waals surface area contributed by atoms with Crippen LogP contribution in [-0.2, 0) is 4.79 Å². The Morgan fingerprint density at radius 3 is 2.52 bits per heavy atom. The van der Waals surface area contributed by atoms with E-state index in [0.29, 0.717) is 28.0 Å². The van der Waals surface area contributed by atoms with Gasteiger partial charge in [-0.2, -0.15) is 9.78 Å². The Bertz CT molecular complexity index is 1610. The van der Waals surface area contributed by atoms with Crippen LogP contribution in [0.25, 0.3) is 10.9 Å². The van der Waals surface area contributed by atoms with Crippen LogP contribution in [0.15, 0.2) is 69.0 Å². The van der Waals surface area contributed by atoms with Gasteiger partial charge in [0.25, 0.3) is 11.5 Å². The zero-order valence-electron chi connectivity index (χ0n) is 22.4. The first kappa shape index (κ1) is 28.8. The molecule has 1 heterocycles. The number of rotatable bonds is 10. The molecule has 0 spiro atoms. The minimum absolute atomic E-state index is 0.0173. The van der Waals surface area contributed by atoms with Crippen LogP contribution in [0.2, 0.25) is 0 Å². The summed E-state index contributed by atoms with van der Waals surface area (Å²) in [6, 6.07) is 14.2. The highest BCUT2D eigenvalue weighted by atomic mass is 79.9. The Morgan fingerprint density at radius 1 is 1.15 bits per heavy atom. The molecule has 0 aliphatic rings. The number of nitrogens with one attached hydrogen (secondary N) is 1. The number of carbonyl (C=O) groups is 1. The summed E-state index contributed by atoms with van der Waals surface area (Å²) >= 11 is 3.41. The number of hydrogen-bond acceptors (Lipinski definition) is 7. The maximum absolute atomic E-state index is 13.4. The number of halogens is 2. The Hall–Kier alpha value is -4.25. The highest BCUT2D eigenvalue weighted by Gasteiger charge is 2.18. The van der Waals surface area contributed by atoms with Gasteiger partial charge in [0.15, 0.2) is 18.1 Å². The van der Waals surface area contributed by atoms with Gasteiger partial charge in [0.05, 0.1) is 31.3 Å². The van der Waals surface area contributed by atoms with E-state index in [9.17, 15) is 14.0 Å². The molecule has 11 heteroatoms. The van der Waals surface area contributed by atoms with Gasteiger partial charge in [-0.3, -0.25) is 9.59 Å². The summed E-state index contributed by atoms with van der Waals surface area (Å²) < 4.78 is 32.2. The van der Waals surface area contributed by atoms with Crippen molar-refractivity contribution in [2.75, 3.05) is 26.1 Å². The first-order chi connectivity index (χ1) is 19.2. The van der Waals surface area contributed by atoms with Gasteiger partial charge < -0.3 is 19.5 Å². The molecule has 4 aromatic rings. The Kier molecular flexibility index (Phi) is 9.15. The van der Waals surface area contributed by atoms with Crippen LogP contribution in [0.5, 0.6) is 17.2 Å². The molecule has 0 unspecified atom stereocenters. The number of fused-ring (bicyclic) bond motifs is 1. The summed E-state index contributed by atoms with van der Waals surface area (Å²) in [4.78, 5) is 30.5. The van der Waals surface area contributed by atoms with Crippen molar-refractivity contribution >= 4 is 44.6 Å². The van der Waals surface area contributed by atoms with Crippen LogP contribution in [0.4, 0.5) is 10.1 Å². The number of nitrogens with zero attached hydrogens (tertiary/aromatic N) is 3. The highest BCUT2D eigenvalue weighted by molar-refractivity contribution is 9.10. The van der Waals surface area contributed by atoms with Crippen molar-refractivity contribution in [1.82, 2.24) is 9.66 Å². The van der Waals surface area contributed by atoms with Crippen LogP contribution >= 0.6 is 15.9 Å². The van der Waals surface area contributed by atoms with E-state index in [4.69, 9.17) is 19.2 Å². The predicted octanol–water partition coefficient (Wildman–Crippen LogP) is 5.73. The fourth-order valence-corrected chi connectivity index (χ4v) is 4.28. The molecule has 1 N–H and O–H groups in total. The van der Waals surface area contributed by atoms with Crippen LogP contribution in [0, 0.1) is 5.82 Å². The van der Waals surface area contributed by atoms with Crippen molar-refractivity contribution in [3.8, 4) is 17.2 Å². The minimum atomic E-state index is -0.493. The number of ether oxygens (including phenoxy) is 3. The van der Waals surface area contributed by atoms with Crippen molar-refractivity contribution < 1.29 is 23.4 Å². The van der Waals surface area contributed by atoms with E-state index in [1.807, 2.05) is 19.9 Å². The smallest absolute Gasteiger partial charge is 0.282 e. The van der Waals surface area contributed by atoms with E-state index in [1.165, 1.54) is 43.3 Å². The van der Waals surface area contributed by atoms with Gasteiger partial charge in [0, 0.05) is 21.6 Å². The molecule has 0 aliphatic carbocycles. The van der Waals surface area contributed by atoms with Gasteiger partial charge in [-0.15, -0.1) is 0 Å². The third kappa shape index (κ3) is 6.48. The topological polar surface area (TPSA) is 104 Å². The van der Waals surface area contributed by atoms with Crippen molar-refractivity contribution in [1.29, 1.82) is 0 Å². The van der Waals surface area contributed by atoms with E-state index in [2.05, 4.69) is 26.3 Å². The van der Waals surface area contributed by atoms with E-state index in [-0.39, 0.29) is 35.3 Å². The number of hydrogen-bond donors (Lipinski definition) is 1. The summed E-state index contributed by atoms with van der Waals surface area (Å²) in [7, 11) is 2.90. The van der Waals surface area contributed by atoms with E-state index in [1.54, 1.807) is 30.3 Å². The quantitative estimate of drug-likeness (QED) is 0.230. The summed E-state index contributed by atoms with van der Waals surface area (Å²) in [6.07, 6.45) is 2.27. The minimum Gasteiger partial charge on any atom is -0.493 e. The van der Waals surface area contributed by atoms with Crippen LogP contribution in [0.3, 0.4) is 0 Å². The SMILES string of the molecule is CC[C@@H](C)c1nc2ccc(Br)cc2c(=O)n1N=Cc1cc(OC)c(OCC(=O)Nc2cccc(F)c2)c(OC)c1. The van der Waals surface area contributed by atoms with Crippen molar-refractivity contribution in [3.05, 3.63) is 86.6 Å². The number of amides is 1. The second-order valence-corrected chi connectivity index (χ2v) is 9.82. The van der Waals surface area contributed by atoms with Crippen molar-refractivity contribution in [3.63, 3.8) is 0 Å². The molecule has 9 nitrogen and oxygen atoms in total. The molecule has 3 aromatic carbocycles. The first-order valence-electron chi connectivity index (χ1n) is 12.4. The van der Waals surface area contributed by atoms with Gasteiger partial charge >= 0.3 is 0 Å². The molecule has 0 bridgehead atoms. The van der Waals surface area contributed by atoms with Gasteiger partial charge in [0.2, 0.25) is 5.75 Å². The summed E-state index contributed by atoms with van der Waals surface area (Å²) in [6.45, 7) is 3.63. The van der Waals surface area contributed by atoms with E-state index < -0.39 is 11.7 Å². The molecular formula is C29H28BrFN4O5. The average molecular weight is 611 g/mol. The first-order valence-corrected chi connectivity index (χ1v) is 13.2. The van der Waals surface area contributed by atoms with Gasteiger partial charge in [-0.25, -0.2) is 9.37 Å². The molecule has 1 amide bonds. The number of benzene rings is 3. The molecule has 4 rings (SSSR count). The lowest BCUT2D eigenvalue weighted by Gasteiger charge is -2.16. The monoisotopic (exact) mass is 610 g/mol. The number of aromatic nitrogens is 2. The largest absolute Gasteiger partial charge is 0.493 e. The molecule has 208 valence electrons. The standard InChI is InChI=1S/C29H28BrFN4O5/c1-5-17(2)28-34-23-10-9-19(30)13-22(23)29(37)35(28)32-15-18-11-24(38-3)27(25(12-18)39-4)40-16-26(36)33-21-8-6-7-20(31)14-21/h6-15,17H,5,16H2,1-4H3,(H,33,36)/t17-/m1/s1. The lowest BCUT2D eigenvalue weighted by Crippen LogP contribution is -2.23. The molecule has 1 aromatic heterocycles. The maximum Gasteiger partial charge on any atom is 0.282 e. The molecule has 0 saturated heterocycles.